The van der Waals surface area contributed by atoms with Crippen molar-refractivity contribution in [3.05, 3.63) is 24.3 Å². The molecule has 5 heteroatoms. The minimum Gasteiger partial charge on any atom is -0.492 e. The topological polar surface area (TPSA) is 67.6 Å². The summed E-state index contributed by atoms with van der Waals surface area (Å²) < 4.78 is 5.62. The molecule has 0 bridgehead atoms. The Hall–Kier alpha value is -1.59. The molecule has 0 radical (unpaired) electrons. The molecule has 0 saturated carbocycles. The Labute approximate surface area is 121 Å². The zero-order valence-electron chi connectivity index (χ0n) is 12.6. The fraction of sp³-hybridized carbons (Fsp3) is 0.533. The lowest BCUT2D eigenvalue weighted by atomic mass is 10.1. The highest BCUT2D eigenvalue weighted by Crippen LogP contribution is 2.17. The van der Waals surface area contributed by atoms with Crippen molar-refractivity contribution in [3.63, 3.8) is 0 Å². The van der Waals surface area contributed by atoms with Crippen molar-refractivity contribution in [1.29, 1.82) is 0 Å². The molecule has 20 heavy (non-hydrogen) atoms. The van der Waals surface area contributed by atoms with Crippen LogP contribution in [0.4, 0.5) is 5.69 Å². The van der Waals surface area contributed by atoms with Crippen LogP contribution >= 0.6 is 0 Å². The highest BCUT2D eigenvalue weighted by Gasteiger charge is 2.12. The number of anilines is 1. The van der Waals surface area contributed by atoms with Crippen molar-refractivity contribution in [2.75, 3.05) is 32.6 Å². The van der Waals surface area contributed by atoms with Gasteiger partial charge in [0.2, 0.25) is 5.91 Å². The average molecular weight is 279 g/mol. The van der Waals surface area contributed by atoms with Gasteiger partial charge in [0.25, 0.3) is 0 Å². The normalized spacial score (nSPS) is 12.2. The lowest BCUT2D eigenvalue weighted by Gasteiger charge is -2.13. The summed E-state index contributed by atoms with van der Waals surface area (Å²) in [4.78, 5) is 13.9. The highest BCUT2D eigenvalue weighted by atomic mass is 16.5. The molecule has 1 aromatic rings. The number of benzene rings is 1. The Kier molecular flexibility index (Phi) is 7.04. The Morgan fingerprint density at radius 2 is 2.20 bits per heavy atom. The first-order valence-electron chi connectivity index (χ1n) is 6.97. The van der Waals surface area contributed by atoms with Gasteiger partial charge in [0.1, 0.15) is 12.4 Å². The summed E-state index contributed by atoms with van der Waals surface area (Å²) in [6.45, 7) is 3.46. The third-order valence-corrected chi connectivity index (χ3v) is 2.85. The number of amides is 1. The second-order valence-corrected chi connectivity index (χ2v) is 5.06. The molecule has 3 N–H and O–H groups in total. The maximum atomic E-state index is 11.8. The van der Waals surface area contributed by atoms with Gasteiger partial charge in [-0.1, -0.05) is 19.4 Å². The predicted molar refractivity (Wildman–Crippen MR) is 82.0 cm³/mol. The zero-order valence-corrected chi connectivity index (χ0v) is 12.6. The van der Waals surface area contributed by atoms with Gasteiger partial charge in [-0.2, -0.15) is 0 Å². The molecule has 5 nitrogen and oxygen atoms in total. The summed E-state index contributed by atoms with van der Waals surface area (Å²) in [5.74, 6) is 0.589. The van der Waals surface area contributed by atoms with Gasteiger partial charge in [-0.25, -0.2) is 0 Å². The summed E-state index contributed by atoms with van der Waals surface area (Å²) >= 11 is 0. The molecule has 0 spiro atoms. The van der Waals surface area contributed by atoms with E-state index in [0.29, 0.717) is 18.7 Å². The molecule has 0 fully saturated rings. The SMILES string of the molecule is CCCC(N)C(=O)Nc1cccc(OCCN(C)C)c1. The molecule has 1 amide bonds. The second kappa shape index (κ2) is 8.55. The minimum absolute atomic E-state index is 0.155. The van der Waals surface area contributed by atoms with E-state index in [-0.39, 0.29) is 5.91 Å². The fourth-order valence-electron chi connectivity index (χ4n) is 1.69. The van der Waals surface area contributed by atoms with Crippen molar-refractivity contribution >= 4 is 11.6 Å². The van der Waals surface area contributed by atoms with Crippen LogP contribution in [0.2, 0.25) is 0 Å². The molecule has 0 aliphatic heterocycles. The average Bonchev–Trinajstić information content (AvgIpc) is 2.39. The van der Waals surface area contributed by atoms with Crippen LogP contribution in [0.1, 0.15) is 19.8 Å². The molecule has 1 aromatic carbocycles. The molecule has 0 aliphatic rings. The summed E-state index contributed by atoms with van der Waals surface area (Å²) in [6, 6.07) is 6.91. The standard InChI is InChI=1S/C15H25N3O2/c1-4-6-14(16)15(19)17-12-7-5-8-13(11-12)20-10-9-18(2)3/h5,7-8,11,14H,4,6,9-10,16H2,1-3H3,(H,17,19). The molecule has 1 atom stereocenters. The number of carbonyl (C=O) groups excluding carboxylic acids is 1. The quantitative estimate of drug-likeness (QED) is 0.760. The van der Waals surface area contributed by atoms with E-state index in [4.69, 9.17) is 10.5 Å². The monoisotopic (exact) mass is 279 g/mol. The van der Waals surface area contributed by atoms with Crippen LogP contribution in [0.25, 0.3) is 0 Å². The molecule has 1 unspecified atom stereocenters. The largest absolute Gasteiger partial charge is 0.492 e. The third-order valence-electron chi connectivity index (χ3n) is 2.85. The van der Waals surface area contributed by atoms with Gasteiger partial charge in [-0.15, -0.1) is 0 Å². The van der Waals surface area contributed by atoms with Gasteiger partial charge in [-0.05, 0) is 32.6 Å². The van der Waals surface area contributed by atoms with Crippen molar-refractivity contribution in [1.82, 2.24) is 4.90 Å². The number of nitrogens with zero attached hydrogens (tertiary/aromatic N) is 1. The van der Waals surface area contributed by atoms with Crippen LogP contribution in [0.15, 0.2) is 24.3 Å². The number of carbonyl (C=O) groups is 1. The van der Waals surface area contributed by atoms with E-state index < -0.39 is 6.04 Å². The molecule has 112 valence electrons. The first kappa shape index (κ1) is 16.5. The van der Waals surface area contributed by atoms with E-state index in [1.807, 2.05) is 45.3 Å². The molecule has 0 aromatic heterocycles. The molecular formula is C15H25N3O2. The van der Waals surface area contributed by atoms with Gasteiger partial charge in [0.15, 0.2) is 0 Å². The van der Waals surface area contributed by atoms with Crippen molar-refractivity contribution in [2.45, 2.75) is 25.8 Å². The highest BCUT2D eigenvalue weighted by molar-refractivity contribution is 5.94. The molecular weight excluding hydrogens is 254 g/mol. The number of ether oxygens (including phenoxy) is 1. The van der Waals surface area contributed by atoms with E-state index in [9.17, 15) is 4.79 Å². The van der Waals surface area contributed by atoms with E-state index >= 15 is 0 Å². The van der Waals surface area contributed by atoms with Crippen LogP contribution in [-0.4, -0.2) is 44.1 Å². The maximum absolute atomic E-state index is 11.8. The number of rotatable bonds is 8. The third kappa shape index (κ3) is 6.04. The lowest BCUT2D eigenvalue weighted by molar-refractivity contribution is -0.117. The van der Waals surface area contributed by atoms with Crippen molar-refractivity contribution in [2.24, 2.45) is 5.73 Å². The van der Waals surface area contributed by atoms with Crippen LogP contribution in [0, 0.1) is 0 Å². The Morgan fingerprint density at radius 1 is 1.45 bits per heavy atom. The Bertz CT molecular complexity index is 421. The van der Waals surface area contributed by atoms with Crippen LogP contribution in [0.5, 0.6) is 5.75 Å². The van der Waals surface area contributed by atoms with E-state index in [2.05, 4.69) is 10.2 Å². The maximum Gasteiger partial charge on any atom is 0.241 e. The summed E-state index contributed by atoms with van der Waals surface area (Å²) in [6.07, 6.45) is 1.58. The number of hydrogen-bond donors (Lipinski definition) is 2. The predicted octanol–water partition coefficient (Wildman–Crippen LogP) is 1.69. The summed E-state index contributed by atoms with van der Waals surface area (Å²) in [7, 11) is 3.99. The van der Waals surface area contributed by atoms with Gasteiger partial charge in [-0.3, -0.25) is 4.79 Å². The van der Waals surface area contributed by atoms with Gasteiger partial charge < -0.3 is 20.7 Å². The number of likely N-dealkylation sites (N-methyl/N-ethyl adjacent to an activating group) is 1. The first-order chi connectivity index (χ1) is 9.52. The van der Waals surface area contributed by atoms with Gasteiger partial charge in [0.05, 0.1) is 6.04 Å². The van der Waals surface area contributed by atoms with Gasteiger partial charge >= 0.3 is 0 Å². The smallest absolute Gasteiger partial charge is 0.241 e. The molecule has 0 heterocycles. The summed E-state index contributed by atoms with van der Waals surface area (Å²) in [5, 5.41) is 2.81. The summed E-state index contributed by atoms with van der Waals surface area (Å²) in [5.41, 5.74) is 6.49. The van der Waals surface area contributed by atoms with Crippen LogP contribution in [-0.2, 0) is 4.79 Å². The molecule has 0 saturated heterocycles. The van der Waals surface area contributed by atoms with Gasteiger partial charge in [0, 0.05) is 18.3 Å². The Morgan fingerprint density at radius 3 is 2.85 bits per heavy atom. The second-order valence-electron chi connectivity index (χ2n) is 5.06. The first-order valence-corrected chi connectivity index (χ1v) is 6.97. The van der Waals surface area contributed by atoms with E-state index in [1.165, 1.54) is 0 Å². The molecule has 1 rings (SSSR count). The molecule has 0 aliphatic carbocycles. The van der Waals surface area contributed by atoms with E-state index in [1.54, 1.807) is 0 Å². The fourth-order valence-corrected chi connectivity index (χ4v) is 1.69. The Balaban J connectivity index is 2.52. The number of hydrogen-bond acceptors (Lipinski definition) is 4. The van der Waals surface area contributed by atoms with Crippen molar-refractivity contribution in [3.8, 4) is 5.75 Å². The van der Waals surface area contributed by atoms with E-state index in [0.717, 1.165) is 18.7 Å². The minimum atomic E-state index is -0.460. The lowest BCUT2D eigenvalue weighted by Crippen LogP contribution is -2.35. The number of nitrogens with two attached hydrogens (primary N) is 1. The van der Waals surface area contributed by atoms with Crippen LogP contribution < -0.4 is 15.8 Å². The number of nitrogens with one attached hydrogen (secondary N) is 1. The van der Waals surface area contributed by atoms with Crippen LogP contribution in [0.3, 0.4) is 0 Å². The zero-order chi connectivity index (χ0) is 15.0. The van der Waals surface area contributed by atoms with Crippen molar-refractivity contribution < 1.29 is 9.53 Å².